The summed E-state index contributed by atoms with van der Waals surface area (Å²) in [4.78, 5) is 23.0. The molecule has 0 atom stereocenters. The molecule has 0 radical (unpaired) electrons. The fraction of sp³-hybridized carbons (Fsp3) is 0.353. The Bertz CT molecular complexity index is 725. The SMILES string of the molecule is Cc1c(C(=O)Nc2ccc(CC(=O)O)cc2)cnn1C(C)(C)C. The number of rotatable bonds is 4. The second-order valence-corrected chi connectivity index (χ2v) is 6.45. The number of carbonyl (C=O) groups excluding carboxylic acids is 1. The number of aliphatic carboxylic acids is 1. The number of hydrogen-bond donors (Lipinski definition) is 2. The summed E-state index contributed by atoms with van der Waals surface area (Å²) in [5.41, 5.74) is 2.44. The largest absolute Gasteiger partial charge is 0.481 e. The molecule has 0 spiro atoms. The molecule has 1 amide bonds. The van der Waals surface area contributed by atoms with Crippen molar-refractivity contribution in [2.75, 3.05) is 5.32 Å². The van der Waals surface area contributed by atoms with Gasteiger partial charge in [-0.25, -0.2) is 0 Å². The molecule has 2 aromatic rings. The molecule has 23 heavy (non-hydrogen) atoms. The zero-order chi connectivity index (χ0) is 17.2. The minimum absolute atomic E-state index is 0.0360. The molecule has 0 saturated heterocycles. The van der Waals surface area contributed by atoms with Crippen LogP contribution in [0.4, 0.5) is 5.69 Å². The number of carboxylic acid groups (broad SMARTS) is 1. The number of hydrogen-bond acceptors (Lipinski definition) is 3. The Morgan fingerprint density at radius 1 is 1.22 bits per heavy atom. The predicted octanol–water partition coefficient (Wildman–Crippen LogP) is 2.83. The van der Waals surface area contributed by atoms with Gasteiger partial charge >= 0.3 is 5.97 Å². The Morgan fingerprint density at radius 2 is 1.83 bits per heavy atom. The fourth-order valence-electron chi connectivity index (χ4n) is 2.39. The molecule has 0 aliphatic rings. The van der Waals surface area contributed by atoms with E-state index in [2.05, 4.69) is 10.4 Å². The molecule has 0 fully saturated rings. The van der Waals surface area contributed by atoms with Crippen molar-refractivity contribution in [2.24, 2.45) is 0 Å². The molecule has 1 aromatic heterocycles. The minimum Gasteiger partial charge on any atom is -0.481 e. The van der Waals surface area contributed by atoms with E-state index in [1.54, 1.807) is 30.5 Å². The Morgan fingerprint density at radius 3 is 2.30 bits per heavy atom. The van der Waals surface area contributed by atoms with Crippen LogP contribution in [0.25, 0.3) is 0 Å². The highest BCUT2D eigenvalue weighted by Crippen LogP contribution is 2.19. The van der Waals surface area contributed by atoms with Crippen LogP contribution >= 0.6 is 0 Å². The van der Waals surface area contributed by atoms with E-state index in [0.29, 0.717) is 16.8 Å². The number of carboxylic acids is 1. The molecule has 6 nitrogen and oxygen atoms in total. The lowest BCUT2D eigenvalue weighted by atomic mass is 10.1. The first-order chi connectivity index (χ1) is 10.7. The molecular formula is C17H21N3O3. The van der Waals surface area contributed by atoms with E-state index in [0.717, 1.165) is 5.69 Å². The second kappa shape index (κ2) is 6.24. The van der Waals surface area contributed by atoms with Crippen molar-refractivity contribution >= 4 is 17.6 Å². The van der Waals surface area contributed by atoms with Crippen molar-refractivity contribution < 1.29 is 14.7 Å². The van der Waals surface area contributed by atoms with Gasteiger partial charge in [0, 0.05) is 11.4 Å². The van der Waals surface area contributed by atoms with Crippen molar-refractivity contribution in [1.29, 1.82) is 0 Å². The zero-order valence-corrected chi connectivity index (χ0v) is 13.8. The summed E-state index contributed by atoms with van der Waals surface area (Å²) in [5, 5.41) is 15.8. The van der Waals surface area contributed by atoms with Gasteiger partial charge in [0.2, 0.25) is 0 Å². The number of anilines is 1. The normalized spacial score (nSPS) is 11.3. The number of carbonyl (C=O) groups is 2. The van der Waals surface area contributed by atoms with Crippen LogP contribution in [0.15, 0.2) is 30.5 Å². The highest BCUT2D eigenvalue weighted by Gasteiger charge is 2.21. The molecular weight excluding hydrogens is 294 g/mol. The third kappa shape index (κ3) is 3.97. The van der Waals surface area contributed by atoms with Crippen molar-refractivity contribution in [3.05, 3.63) is 47.3 Å². The molecule has 6 heteroatoms. The van der Waals surface area contributed by atoms with Crippen LogP contribution in [0.3, 0.4) is 0 Å². The lowest BCUT2D eigenvalue weighted by Crippen LogP contribution is -2.25. The van der Waals surface area contributed by atoms with E-state index in [9.17, 15) is 9.59 Å². The Kier molecular flexibility index (Phi) is 4.54. The minimum atomic E-state index is -0.882. The van der Waals surface area contributed by atoms with Gasteiger partial charge in [-0.15, -0.1) is 0 Å². The molecule has 0 unspecified atom stereocenters. The van der Waals surface area contributed by atoms with Crippen molar-refractivity contribution in [1.82, 2.24) is 9.78 Å². The van der Waals surface area contributed by atoms with Gasteiger partial charge in [-0.2, -0.15) is 5.10 Å². The predicted molar refractivity (Wildman–Crippen MR) is 87.7 cm³/mol. The molecule has 0 aliphatic heterocycles. The van der Waals surface area contributed by atoms with E-state index in [1.165, 1.54) is 0 Å². The molecule has 0 saturated carbocycles. The zero-order valence-electron chi connectivity index (χ0n) is 13.8. The number of aromatic nitrogens is 2. The highest BCUT2D eigenvalue weighted by atomic mass is 16.4. The van der Waals surface area contributed by atoms with E-state index >= 15 is 0 Å². The van der Waals surface area contributed by atoms with Gasteiger partial charge in [0.15, 0.2) is 0 Å². The van der Waals surface area contributed by atoms with Crippen LogP contribution in [0.5, 0.6) is 0 Å². The van der Waals surface area contributed by atoms with Crippen molar-refractivity contribution in [3.8, 4) is 0 Å². The first-order valence-corrected chi connectivity index (χ1v) is 7.35. The van der Waals surface area contributed by atoms with Gasteiger partial charge in [0.05, 0.1) is 23.7 Å². The smallest absolute Gasteiger partial charge is 0.307 e. The van der Waals surface area contributed by atoms with Gasteiger partial charge in [-0.3, -0.25) is 14.3 Å². The summed E-state index contributed by atoms with van der Waals surface area (Å²) in [6.45, 7) is 7.94. The van der Waals surface area contributed by atoms with Gasteiger partial charge < -0.3 is 10.4 Å². The maximum atomic E-state index is 12.4. The standard InChI is InChI=1S/C17H21N3O3/c1-11-14(10-18-20(11)17(2,3)4)16(23)19-13-7-5-12(6-8-13)9-15(21)22/h5-8,10H,9H2,1-4H3,(H,19,23)(H,21,22). The van der Waals surface area contributed by atoms with Crippen LogP contribution < -0.4 is 5.32 Å². The van der Waals surface area contributed by atoms with E-state index < -0.39 is 5.97 Å². The summed E-state index contributed by atoms with van der Waals surface area (Å²) < 4.78 is 1.82. The monoisotopic (exact) mass is 315 g/mol. The summed E-state index contributed by atoms with van der Waals surface area (Å²) >= 11 is 0. The molecule has 0 bridgehead atoms. The summed E-state index contributed by atoms with van der Waals surface area (Å²) in [6.07, 6.45) is 1.53. The third-order valence-corrected chi connectivity index (χ3v) is 3.46. The maximum Gasteiger partial charge on any atom is 0.307 e. The average Bonchev–Trinajstić information content (AvgIpc) is 2.82. The highest BCUT2D eigenvalue weighted by molar-refractivity contribution is 6.04. The Hall–Kier alpha value is -2.63. The number of amides is 1. The molecule has 122 valence electrons. The van der Waals surface area contributed by atoms with Crippen LogP contribution in [0.1, 0.15) is 42.4 Å². The fourth-order valence-corrected chi connectivity index (χ4v) is 2.39. The van der Waals surface area contributed by atoms with Gasteiger partial charge in [-0.05, 0) is 45.4 Å². The molecule has 0 aliphatic carbocycles. The lowest BCUT2D eigenvalue weighted by molar-refractivity contribution is -0.136. The van der Waals surface area contributed by atoms with Crippen molar-refractivity contribution in [3.63, 3.8) is 0 Å². The molecule has 1 aromatic carbocycles. The number of nitrogens with one attached hydrogen (secondary N) is 1. The quantitative estimate of drug-likeness (QED) is 0.908. The summed E-state index contributed by atoms with van der Waals surface area (Å²) in [7, 11) is 0. The lowest BCUT2D eigenvalue weighted by Gasteiger charge is -2.21. The Labute approximate surface area is 135 Å². The number of benzene rings is 1. The van der Waals surface area contributed by atoms with Crippen molar-refractivity contribution in [2.45, 2.75) is 39.7 Å². The Balaban J connectivity index is 2.13. The average molecular weight is 315 g/mol. The van der Waals surface area contributed by atoms with E-state index in [1.807, 2.05) is 32.4 Å². The summed E-state index contributed by atoms with van der Waals surface area (Å²) in [5.74, 6) is -1.11. The van der Waals surface area contributed by atoms with Crippen LogP contribution in [-0.2, 0) is 16.8 Å². The van der Waals surface area contributed by atoms with E-state index in [-0.39, 0.29) is 17.9 Å². The number of nitrogens with zero attached hydrogens (tertiary/aromatic N) is 2. The van der Waals surface area contributed by atoms with Crippen LogP contribution in [-0.4, -0.2) is 26.8 Å². The molecule has 2 N–H and O–H groups in total. The van der Waals surface area contributed by atoms with Gasteiger partial charge in [0.1, 0.15) is 0 Å². The topological polar surface area (TPSA) is 84.2 Å². The molecule has 1 heterocycles. The van der Waals surface area contributed by atoms with E-state index in [4.69, 9.17) is 5.11 Å². The third-order valence-electron chi connectivity index (χ3n) is 3.46. The first kappa shape index (κ1) is 16.7. The van der Waals surface area contributed by atoms with Gasteiger partial charge in [0.25, 0.3) is 5.91 Å². The summed E-state index contributed by atoms with van der Waals surface area (Å²) in [6, 6.07) is 6.77. The van der Waals surface area contributed by atoms with Crippen LogP contribution in [0, 0.1) is 6.92 Å². The first-order valence-electron chi connectivity index (χ1n) is 7.35. The molecule has 2 rings (SSSR count). The van der Waals surface area contributed by atoms with Gasteiger partial charge in [-0.1, -0.05) is 12.1 Å². The second-order valence-electron chi connectivity index (χ2n) is 6.45. The maximum absolute atomic E-state index is 12.4. The van der Waals surface area contributed by atoms with Crippen LogP contribution in [0.2, 0.25) is 0 Å².